The maximum Gasteiger partial charge on any atom is 0.316 e. The zero-order valence-electron chi connectivity index (χ0n) is 14.3. The average molecular weight is 365 g/mol. The number of carbonyl (C=O) groups excluding carboxylic acids is 1. The number of carboxylic acids is 1. The molecule has 25 heavy (non-hydrogen) atoms. The van der Waals surface area contributed by atoms with E-state index in [2.05, 4.69) is 0 Å². The summed E-state index contributed by atoms with van der Waals surface area (Å²) in [7, 11) is 0. The van der Waals surface area contributed by atoms with Gasteiger partial charge in [-0.05, 0) is 19.1 Å². The summed E-state index contributed by atoms with van der Waals surface area (Å²) in [5, 5.41) is 8.53. The molecule has 1 aromatic rings. The van der Waals surface area contributed by atoms with Crippen LogP contribution in [0.25, 0.3) is 0 Å². The van der Waals surface area contributed by atoms with E-state index >= 15 is 0 Å². The Bertz CT molecular complexity index is 639. The van der Waals surface area contributed by atoms with Crippen LogP contribution < -0.4 is 0 Å². The summed E-state index contributed by atoms with van der Waals surface area (Å²) >= 11 is 1.20. The van der Waals surface area contributed by atoms with Gasteiger partial charge in [0.1, 0.15) is 5.25 Å². The molecule has 136 valence electrons. The van der Waals surface area contributed by atoms with E-state index in [0.29, 0.717) is 43.4 Å². The van der Waals surface area contributed by atoms with Gasteiger partial charge in [0.05, 0.1) is 24.3 Å². The second-order valence-electron chi connectivity index (χ2n) is 6.47. The molecule has 2 heterocycles. The molecule has 3 rings (SSSR count). The van der Waals surface area contributed by atoms with Crippen LogP contribution in [-0.2, 0) is 14.3 Å². The van der Waals surface area contributed by atoms with Crippen molar-refractivity contribution in [1.82, 2.24) is 4.90 Å². The second kappa shape index (κ2) is 7.76. The molecule has 1 aromatic carbocycles. The van der Waals surface area contributed by atoms with Gasteiger partial charge in [0, 0.05) is 37.5 Å². The van der Waals surface area contributed by atoms with E-state index in [1.54, 1.807) is 13.0 Å². The van der Waals surface area contributed by atoms with Gasteiger partial charge < -0.3 is 19.5 Å². The van der Waals surface area contributed by atoms with Crippen molar-refractivity contribution in [2.24, 2.45) is 0 Å². The molecular formula is C18H23NO5S. The van der Waals surface area contributed by atoms with Gasteiger partial charge in [-0.25, -0.2) is 0 Å². The Morgan fingerprint density at radius 1 is 1.24 bits per heavy atom. The highest BCUT2D eigenvalue weighted by molar-refractivity contribution is 8.00. The summed E-state index contributed by atoms with van der Waals surface area (Å²) in [6.07, 6.45) is 1.59. The first-order valence-electron chi connectivity index (χ1n) is 8.50. The zero-order chi connectivity index (χ0) is 17.9. The number of aliphatic carboxylic acids is 1. The number of carboxylic acid groups (broad SMARTS) is 1. The van der Waals surface area contributed by atoms with Gasteiger partial charge in [0.2, 0.25) is 0 Å². The van der Waals surface area contributed by atoms with Gasteiger partial charge in [-0.1, -0.05) is 12.1 Å². The third kappa shape index (κ3) is 4.16. The second-order valence-corrected chi connectivity index (χ2v) is 7.85. The highest BCUT2D eigenvalue weighted by Crippen LogP contribution is 2.32. The molecule has 1 atom stereocenters. The summed E-state index contributed by atoms with van der Waals surface area (Å²) in [6.45, 7) is 4.57. The van der Waals surface area contributed by atoms with E-state index < -0.39 is 11.2 Å². The van der Waals surface area contributed by atoms with E-state index in [0.717, 1.165) is 12.8 Å². The van der Waals surface area contributed by atoms with Crippen LogP contribution in [0.2, 0.25) is 0 Å². The van der Waals surface area contributed by atoms with Crippen molar-refractivity contribution in [3.8, 4) is 0 Å². The number of benzene rings is 1. The van der Waals surface area contributed by atoms with Crippen LogP contribution in [0.15, 0.2) is 29.2 Å². The van der Waals surface area contributed by atoms with Gasteiger partial charge >= 0.3 is 5.97 Å². The lowest BCUT2D eigenvalue weighted by atomic mass is 9.92. The van der Waals surface area contributed by atoms with E-state index in [4.69, 9.17) is 14.6 Å². The topological polar surface area (TPSA) is 76.1 Å². The Labute approximate surface area is 151 Å². The fourth-order valence-corrected chi connectivity index (χ4v) is 4.14. The van der Waals surface area contributed by atoms with Gasteiger partial charge in [-0.15, -0.1) is 11.8 Å². The van der Waals surface area contributed by atoms with Crippen LogP contribution in [0.3, 0.4) is 0 Å². The molecule has 0 radical (unpaired) electrons. The monoisotopic (exact) mass is 365 g/mol. The van der Waals surface area contributed by atoms with Gasteiger partial charge in [0.25, 0.3) is 5.91 Å². The van der Waals surface area contributed by atoms with Crippen LogP contribution in [0, 0.1) is 0 Å². The van der Waals surface area contributed by atoms with Crippen molar-refractivity contribution in [3.63, 3.8) is 0 Å². The Hall–Kier alpha value is -1.57. The van der Waals surface area contributed by atoms with Gasteiger partial charge in [0.15, 0.2) is 0 Å². The first kappa shape index (κ1) is 18.2. The number of amides is 1. The fraction of sp³-hybridized carbons (Fsp3) is 0.556. The van der Waals surface area contributed by atoms with Crippen molar-refractivity contribution in [2.45, 2.75) is 35.5 Å². The van der Waals surface area contributed by atoms with Crippen LogP contribution in [0.4, 0.5) is 0 Å². The number of rotatable bonds is 4. The van der Waals surface area contributed by atoms with E-state index in [1.807, 2.05) is 23.1 Å². The normalized spacial score (nSPS) is 21.1. The number of hydrogen-bond acceptors (Lipinski definition) is 5. The molecule has 1 spiro atoms. The van der Waals surface area contributed by atoms with Crippen LogP contribution in [0.5, 0.6) is 0 Å². The number of thioether (sulfide) groups is 1. The van der Waals surface area contributed by atoms with Crippen LogP contribution in [0.1, 0.15) is 30.1 Å². The minimum absolute atomic E-state index is 0.0603. The van der Waals surface area contributed by atoms with Crippen LogP contribution >= 0.6 is 11.8 Å². The maximum absolute atomic E-state index is 13.1. The van der Waals surface area contributed by atoms with Crippen molar-refractivity contribution < 1.29 is 24.2 Å². The smallest absolute Gasteiger partial charge is 0.316 e. The standard InChI is InChI=1S/C18H23NO5S/c1-13(17(21)22)25-15-5-3-2-4-14(15)16(20)19-8-11-24-18(12-19)6-9-23-10-7-18/h2-5,13H,6-12H2,1H3,(H,21,22). The molecular weight excluding hydrogens is 342 g/mol. The number of hydrogen-bond donors (Lipinski definition) is 1. The lowest BCUT2D eigenvalue weighted by molar-refractivity contribution is -0.146. The Balaban J connectivity index is 1.77. The minimum Gasteiger partial charge on any atom is -0.480 e. The van der Waals surface area contributed by atoms with Gasteiger partial charge in [-0.2, -0.15) is 0 Å². The zero-order valence-corrected chi connectivity index (χ0v) is 15.1. The highest BCUT2D eigenvalue weighted by atomic mass is 32.2. The summed E-state index contributed by atoms with van der Waals surface area (Å²) < 4.78 is 11.4. The molecule has 0 saturated carbocycles. The Morgan fingerprint density at radius 3 is 2.68 bits per heavy atom. The molecule has 7 heteroatoms. The Kier molecular flexibility index (Phi) is 5.66. The first-order chi connectivity index (χ1) is 12.0. The predicted octanol–water partition coefficient (Wildman–Crippen LogP) is 2.27. The molecule has 0 aromatic heterocycles. The quantitative estimate of drug-likeness (QED) is 0.825. The number of carbonyl (C=O) groups is 2. The number of nitrogens with zero attached hydrogens (tertiary/aromatic N) is 1. The van der Waals surface area contributed by atoms with Crippen molar-refractivity contribution in [3.05, 3.63) is 29.8 Å². The number of morpholine rings is 1. The highest BCUT2D eigenvalue weighted by Gasteiger charge is 2.40. The predicted molar refractivity (Wildman–Crippen MR) is 94.0 cm³/mol. The number of ether oxygens (including phenoxy) is 2. The molecule has 6 nitrogen and oxygen atoms in total. The molecule has 2 aliphatic heterocycles. The van der Waals surface area contributed by atoms with Crippen molar-refractivity contribution in [1.29, 1.82) is 0 Å². The lowest BCUT2D eigenvalue weighted by Crippen LogP contribution is -2.55. The molecule has 2 fully saturated rings. The Morgan fingerprint density at radius 2 is 1.96 bits per heavy atom. The lowest BCUT2D eigenvalue weighted by Gasteiger charge is -2.44. The molecule has 2 saturated heterocycles. The average Bonchev–Trinajstić information content (AvgIpc) is 2.62. The fourth-order valence-electron chi connectivity index (χ4n) is 3.22. The molecule has 1 unspecified atom stereocenters. The molecule has 2 aliphatic rings. The van der Waals surface area contributed by atoms with Gasteiger partial charge in [-0.3, -0.25) is 9.59 Å². The first-order valence-corrected chi connectivity index (χ1v) is 9.38. The van der Waals surface area contributed by atoms with Crippen molar-refractivity contribution in [2.75, 3.05) is 32.9 Å². The third-order valence-corrected chi connectivity index (χ3v) is 5.87. The molecule has 1 amide bonds. The molecule has 0 bridgehead atoms. The molecule has 1 N–H and O–H groups in total. The largest absolute Gasteiger partial charge is 0.480 e. The summed E-state index contributed by atoms with van der Waals surface area (Å²) in [5.74, 6) is -0.949. The maximum atomic E-state index is 13.1. The van der Waals surface area contributed by atoms with E-state index in [9.17, 15) is 9.59 Å². The molecule has 0 aliphatic carbocycles. The summed E-state index contributed by atoms with van der Waals surface area (Å²) in [5.41, 5.74) is 0.257. The van der Waals surface area contributed by atoms with E-state index in [1.165, 1.54) is 11.8 Å². The summed E-state index contributed by atoms with van der Waals surface area (Å²) in [6, 6.07) is 7.22. The SMILES string of the molecule is CC(Sc1ccccc1C(=O)N1CCOC2(CCOCC2)C1)C(=O)O. The summed E-state index contributed by atoms with van der Waals surface area (Å²) in [4.78, 5) is 26.8. The van der Waals surface area contributed by atoms with Crippen molar-refractivity contribution >= 4 is 23.6 Å². The van der Waals surface area contributed by atoms with Crippen LogP contribution in [-0.4, -0.2) is 65.6 Å². The van der Waals surface area contributed by atoms with E-state index in [-0.39, 0.29) is 11.5 Å². The minimum atomic E-state index is -0.889. The third-order valence-electron chi connectivity index (χ3n) is 4.71.